The van der Waals surface area contributed by atoms with E-state index in [4.69, 9.17) is 9.47 Å². The van der Waals surface area contributed by atoms with Crippen LogP contribution in [0.5, 0.6) is 0 Å². The molecule has 0 N–H and O–H groups in total. The number of carbonyl (C=O) groups excluding carboxylic acids is 2. The third-order valence-corrected chi connectivity index (χ3v) is 3.97. The summed E-state index contributed by atoms with van der Waals surface area (Å²) >= 11 is 0. The zero-order valence-electron chi connectivity index (χ0n) is 12.8. The minimum atomic E-state index is -0.585. The Kier molecular flexibility index (Phi) is 6.74. The van der Waals surface area contributed by atoms with E-state index >= 15 is 0 Å². The molecular weight excluding hydrogens is 296 g/mol. The van der Waals surface area contributed by atoms with Gasteiger partial charge in [0.1, 0.15) is 12.2 Å². The zero-order chi connectivity index (χ0) is 14.6. The van der Waals surface area contributed by atoms with Crippen molar-refractivity contribution in [3.05, 3.63) is 0 Å². The lowest BCUT2D eigenvalue weighted by Crippen LogP contribution is -2.37. The van der Waals surface area contributed by atoms with Gasteiger partial charge in [0.15, 0.2) is 0 Å². The molecule has 2 rings (SSSR count). The average Bonchev–Trinajstić information content (AvgIpc) is 2.56. The van der Waals surface area contributed by atoms with Crippen LogP contribution in [-0.2, 0) is 9.47 Å². The molecule has 1 saturated carbocycles. The zero-order valence-corrected chi connectivity index (χ0v) is 13.6. The van der Waals surface area contributed by atoms with E-state index in [1.165, 1.54) is 12.8 Å². The lowest BCUT2D eigenvalue weighted by Gasteiger charge is -2.24. The van der Waals surface area contributed by atoms with Gasteiger partial charge in [-0.25, -0.2) is 14.5 Å². The highest BCUT2D eigenvalue weighted by molar-refractivity contribution is 5.89. The molecule has 122 valence electrons. The molecule has 1 aliphatic heterocycles. The van der Waals surface area contributed by atoms with Crippen LogP contribution in [0.1, 0.15) is 38.5 Å². The van der Waals surface area contributed by atoms with Gasteiger partial charge < -0.3 is 14.4 Å². The number of amides is 2. The molecule has 21 heavy (non-hydrogen) atoms. The van der Waals surface area contributed by atoms with Crippen molar-refractivity contribution in [1.29, 1.82) is 0 Å². The van der Waals surface area contributed by atoms with Gasteiger partial charge in [-0.1, -0.05) is 12.8 Å². The molecular formula is C14H25ClN2O4. The summed E-state index contributed by atoms with van der Waals surface area (Å²) < 4.78 is 10.6. The minimum Gasteiger partial charge on any atom is -0.448 e. The summed E-state index contributed by atoms with van der Waals surface area (Å²) in [7, 11) is 3.80. The molecule has 0 unspecified atom stereocenters. The molecule has 0 bridgehead atoms. The van der Waals surface area contributed by atoms with Crippen LogP contribution in [0.15, 0.2) is 0 Å². The lowest BCUT2D eigenvalue weighted by atomic mass is 9.95. The Hall–Kier alpha value is -1.01. The number of hydrogen-bond acceptors (Lipinski definition) is 5. The first-order valence-electron chi connectivity index (χ1n) is 7.34. The van der Waals surface area contributed by atoms with E-state index in [2.05, 4.69) is 0 Å². The highest BCUT2D eigenvalue weighted by atomic mass is 35.5. The third kappa shape index (κ3) is 4.74. The highest BCUT2D eigenvalue weighted by Crippen LogP contribution is 2.36. The first kappa shape index (κ1) is 18.0. The number of carbonyl (C=O) groups is 2. The number of hydrogen-bond donors (Lipinski definition) is 0. The fraction of sp³-hybridized carbons (Fsp3) is 0.857. The van der Waals surface area contributed by atoms with Crippen LogP contribution in [0, 0.1) is 0 Å². The Balaban J connectivity index is 0.00000220. The van der Waals surface area contributed by atoms with Gasteiger partial charge in [0.05, 0.1) is 6.54 Å². The van der Waals surface area contributed by atoms with Gasteiger partial charge in [-0.05, 0) is 39.8 Å². The SMILES string of the molecule is CN(C)CCOC(=O)N1CC2(CCCCCC2)OC1=O.Cl. The van der Waals surface area contributed by atoms with Crippen molar-refractivity contribution in [2.75, 3.05) is 33.8 Å². The molecule has 0 aromatic rings. The lowest BCUT2D eigenvalue weighted by molar-refractivity contribution is 0.0443. The minimum absolute atomic E-state index is 0. The van der Waals surface area contributed by atoms with Gasteiger partial charge in [-0.15, -0.1) is 12.4 Å². The summed E-state index contributed by atoms with van der Waals surface area (Å²) in [4.78, 5) is 26.9. The standard InChI is InChI=1S/C14H24N2O4.ClH/c1-15(2)9-10-19-12(17)16-11-14(20-13(16)18)7-5-3-4-6-8-14;/h3-11H2,1-2H3;1H. The van der Waals surface area contributed by atoms with Crippen LogP contribution in [0.2, 0.25) is 0 Å². The van der Waals surface area contributed by atoms with E-state index in [1.807, 2.05) is 19.0 Å². The number of ether oxygens (including phenoxy) is 2. The maximum Gasteiger partial charge on any atom is 0.420 e. The summed E-state index contributed by atoms with van der Waals surface area (Å²) in [6, 6.07) is 0. The second-order valence-corrected chi connectivity index (χ2v) is 5.97. The van der Waals surface area contributed by atoms with Gasteiger partial charge in [-0.3, -0.25) is 0 Å². The Morgan fingerprint density at radius 1 is 1.29 bits per heavy atom. The molecule has 0 atom stereocenters. The molecule has 2 amide bonds. The van der Waals surface area contributed by atoms with Crippen molar-refractivity contribution in [3.8, 4) is 0 Å². The fourth-order valence-corrected chi connectivity index (χ4v) is 2.79. The van der Waals surface area contributed by atoms with E-state index in [-0.39, 0.29) is 19.0 Å². The largest absolute Gasteiger partial charge is 0.448 e. The molecule has 0 aromatic heterocycles. The van der Waals surface area contributed by atoms with E-state index < -0.39 is 17.8 Å². The molecule has 1 saturated heterocycles. The highest BCUT2D eigenvalue weighted by Gasteiger charge is 2.47. The van der Waals surface area contributed by atoms with E-state index in [9.17, 15) is 9.59 Å². The Labute approximate surface area is 132 Å². The van der Waals surface area contributed by atoms with Crippen LogP contribution in [0.4, 0.5) is 9.59 Å². The topological polar surface area (TPSA) is 59.1 Å². The summed E-state index contributed by atoms with van der Waals surface area (Å²) in [5.74, 6) is 0. The normalized spacial score (nSPS) is 20.9. The van der Waals surface area contributed by atoms with Crippen molar-refractivity contribution >= 4 is 24.6 Å². The molecule has 6 nitrogen and oxygen atoms in total. The molecule has 1 heterocycles. The first-order chi connectivity index (χ1) is 9.52. The van der Waals surface area contributed by atoms with E-state index in [0.29, 0.717) is 13.1 Å². The molecule has 1 aliphatic carbocycles. The Morgan fingerprint density at radius 3 is 2.48 bits per heavy atom. The van der Waals surface area contributed by atoms with Crippen LogP contribution in [0.25, 0.3) is 0 Å². The summed E-state index contributed by atoms with van der Waals surface area (Å²) in [5.41, 5.74) is -0.464. The fourth-order valence-electron chi connectivity index (χ4n) is 2.79. The van der Waals surface area contributed by atoms with Crippen molar-refractivity contribution < 1.29 is 19.1 Å². The van der Waals surface area contributed by atoms with Crippen LogP contribution >= 0.6 is 12.4 Å². The van der Waals surface area contributed by atoms with Gasteiger partial charge in [0.2, 0.25) is 0 Å². The van der Waals surface area contributed by atoms with Crippen molar-refractivity contribution in [1.82, 2.24) is 9.80 Å². The predicted octanol–water partition coefficient (Wildman–Crippen LogP) is 2.65. The second kappa shape index (κ2) is 7.84. The molecule has 7 heteroatoms. The van der Waals surface area contributed by atoms with Crippen molar-refractivity contribution in [3.63, 3.8) is 0 Å². The quantitative estimate of drug-likeness (QED) is 0.800. The maximum absolute atomic E-state index is 11.9. The van der Waals surface area contributed by atoms with Gasteiger partial charge in [0.25, 0.3) is 0 Å². The number of halogens is 1. The Morgan fingerprint density at radius 2 is 1.90 bits per heavy atom. The molecule has 0 aromatic carbocycles. The smallest absolute Gasteiger partial charge is 0.420 e. The molecule has 1 spiro atoms. The number of nitrogens with zero attached hydrogens (tertiary/aromatic N) is 2. The van der Waals surface area contributed by atoms with Crippen LogP contribution in [-0.4, -0.2) is 61.4 Å². The number of imide groups is 1. The third-order valence-electron chi connectivity index (χ3n) is 3.97. The summed E-state index contributed by atoms with van der Waals surface area (Å²) in [6.07, 6.45) is 5.01. The molecule has 0 radical (unpaired) electrons. The number of rotatable bonds is 3. The van der Waals surface area contributed by atoms with Gasteiger partial charge in [-0.2, -0.15) is 0 Å². The summed E-state index contributed by atoms with van der Waals surface area (Å²) in [5, 5.41) is 0. The molecule has 2 fully saturated rings. The van der Waals surface area contributed by atoms with Crippen molar-refractivity contribution in [2.45, 2.75) is 44.1 Å². The first-order valence-corrected chi connectivity index (χ1v) is 7.34. The Bertz CT molecular complexity index is 368. The van der Waals surface area contributed by atoms with Crippen LogP contribution in [0.3, 0.4) is 0 Å². The molecule has 2 aliphatic rings. The monoisotopic (exact) mass is 320 g/mol. The van der Waals surface area contributed by atoms with Crippen LogP contribution < -0.4 is 0 Å². The average molecular weight is 321 g/mol. The van der Waals surface area contributed by atoms with E-state index in [0.717, 1.165) is 30.6 Å². The van der Waals surface area contributed by atoms with E-state index in [1.54, 1.807) is 0 Å². The second-order valence-electron chi connectivity index (χ2n) is 5.97. The summed E-state index contributed by atoms with van der Waals surface area (Å²) in [6.45, 7) is 1.26. The predicted molar refractivity (Wildman–Crippen MR) is 80.8 cm³/mol. The number of likely N-dealkylation sites (N-methyl/N-ethyl adjacent to an activating group) is 1. The van der Waals surface area contributed by atoms with Gasteiger partial charge in [0, 0.05) is 6.54 Å². The van der Waals surface area contributed by atoms with Crippen molar-refractivity contribution in [2.24, 2.45) is 0 Å². The van der Waals surface area contributed by atoms with Gasteiger partial charge >= 0.3 is 12.2 Å². The maximum atomic E-state index is 11.9.